The molecule has 0 aliphatic carbocycles. The number of aliphatic hydroxyl groups excluding tert-OH is 1. The van der Waals surface area contributed by atoms with E-state index in [-0.39, 0.29) is 38.9 Å². The summed E-state index contributed by atoms with van der Waals surface area (Å²) >= 11 is 0. The average molecular weight is 1070 g/mol. The lowest BCUT2D eigenvalue weighted by atomic mass is 9.95. The SMILES string of the molecule is O=C(OCC1O[C@@H](O[C@H]2[C@H](OC(=O)c3ccccc3)[C@@H](OC(=O)c3ccccc3)[C@H](O)O[C@@H]2COC(=O)c2ccccc2)[C@H](OC(=O)c2ccccc2)[C@@H](OC(=O)c2ccccc2)[C@H]1OC(=O)c1ccccc1)c1ccccc1. The molecular formula is C61H50O18. The van der Waals surface area contributed by atoms with Crippen LogP contribution in [0.1, 0.15) is 72.5 Å². The van der Waals surface area contributed by atoms with Crippen LogP contribution in [0.4, 0.5) is 0 Å². The largest absolute Gasteiger partial charge is 0.459 e. The minimum Gasteiger partial charge on any atom is -0.459 e. The Kier molecular flexibility index (Phi) is 18.0. The summed E-state index contributed by atoms with van der Waals surface area (Å²) in [4.78, 5) is 98.6. The number of carbonyl (C=O) groups excluding carboxylic acids is 7. The first-order chi connectivity index (χ1) is 38.5. The highest BCUT2D eigenvalue weighted by Crippen LogP contribution is 2.36. The van der Waals surface area contributed by atoms with Gasteiger partial charge in [-0.15, -0.1) is 0 Å². The van der Waals surface area contributed by atoms with E-state index in [1.807, 2.05) is 0 Å². The zero-order valence-corrected chi connectivity index (χ0v) is 41.8. The molecule has 2 saturated heterocycles. The summed E-state index contributed by atoms with van der Waals surface area (Å²) in [5.41, 5.74) is 0.298. The van der Waals surface area contributed by atoms with Crippen LogP contribution >= 0.6 is 0 Å². The van der Waals surface area contributed by atoms with Gasteiger partial charge in [0.2, 0.25) is 0 Å². The molecule has 0 aromatic heterocycles. The van der Waals surface area contributed by atoms with Gasteiger partial charge in [0.15, 0.2) is 43.1 Å². The molecule has 2 fully saturated rings. The van der Waals surface area contributed by atoms with Gasteiger partial charge in [0.25, 0.3) is 0 Å². The molecule has 9 rings (SSSR count). The zero-order chi connectivity index (χ0) is 55.1. The minimum atomic E-state index is -2.12. The first-order valence-electron chi connectivity index (χ1n) is 24.9. The predicted octanol–water partition coefficient (Wildman–Crippen LogP) is 7.66. The summed E-state index contributed by atoms with van der Waals surface area (Å²) in [7, 11) is 0. The van der Waals surface area contributed by atoms with E-state index in [9.17, 15) is 38.7 Å². The average Bonchev–Trinajstić information content (AvgIpc) is 3.60. The molecule has 18 heteroatoms. The van der Waals surface area contributed by atoms with Crippen LogP contribution in [0.5, 0.6) is 0 Å². The molecule has 79 heavy (non-hydrogen) atoms. The summed E-state index contributed by atoms with van der Waals surface area (Å²) in [5, 5.41) is 11.9. The molecule has 7 aromatic carbocycles. The molecule has 2 aliphatic rings. The number of esters is 7. The van der Waals surface area contributed by atoms with E-state index in [1.165, 1.54) is 84.9 Å². The molecule has 0 amide bonds. The molecular weight excluding hydrogens is 1020 g/mol. The van der Waals surface area contributed by atoms with Gasteiger partial charge in [-0.05, 0) is 84.9 Å². The molecule has 0 bridgehead atoms. The van der Waals surface area contributed by atoms with Crippen molar-refractivity contribution in [3.05, 3.63) is 251 Å². The van der Waals surface area contributed by atoms with Gasteiger partial charge in [0.1, 0.15) is 31.5 Å². The highest BCUT2D eigenvalue weighted by atomic mass is 16.8. The quantitative estimate of drug-likeness (QED) is 0.0642. The van der Waals surface area contributed by atoms with Crippen LogP contribution in [0.2, 0.25) is 0 Å². The van der Waals surface area contributed by atoms with E-state index in [2.05, 4.69) is 0 Å². The first kappa shape index (κ1) is 54.5. The highest BCUT2D eigenvalue weighted by molar-refractivity contribution is 5.93. The Morgan fingerprint density at radius 2 is 0.557 bits per heavy atom. The van der Waals surface area contributed by atoms with Crippen LogP contribution in [0, 0.1) is 0 Å². The second-order valence-corrected chi connectivity index (χ2v) is 17.8. The van der Waals surface area contributed by atoms with Crippen LogP contribution < -0.4 is 0 Å². The predicted molar refractivity (Wildman–Crippen MR) is 276 cm³/mol. The monoisotopic (exact) mass is 1070 g/mol. The third-order valence-electron chi connectivity index (χ3n) is 12.5. The zero-order valence-electron chi connectivity index (χ0n) is 41.8. The van der Waals surface area contributed by atoms with E-state index in [0.717, 1.165) is 0 Å². The Hall–Kier alpha value is -9.33. The van der Waals surface area contributed by atoms with E-state index in [4.69, 9.17) is 47.4 Å². The Balaban J connectivity index is 1.18. The number of hydrogen-bond donors (Lipinski definition) is 1. The standard InChI is InChI=1S/C61H50O18/c62-53(38-22-8-1-9-23-38)70-36-45-48(49(75-56(65)41-28-14-4-15-29-41)51(60(69)72-45)77-58(67)43-32-18-6-19-33-43)79-61-52(78-59(68)44-34-20-7-21-35-44)50(76-57(66)42-30-16-5-17-31-42)47(74-55(64)40-26-12-3-13-27-40)46(73-61)37-71-54(63)39-24-10-2-11-25-39/h1-35,45-52,60-61,69H,36-37H2/t45-,46?,47+,48-,49+,50+,51-,52-,60-,61+/m1/s1. The molecule has 18 nitrogen and oxygen atoms in total. The number of aliphatic hydroxyl groups is 1. The number of rotatable bonds is 18. The maximum absolute atomic E-state index is 14.5. The lowest BCUT2D eigenvalue weighted by molar-refractivity contribution is -0.352. The van der Waals surface area contributed by atoms with Gasteiger partial charge in [0, 0.05) is 0 Å². The van der Waals surface area contributed by atoms with Crippen molar-refractivity contribution in [3.8, 4) is 0 Å². The third kappa shape index (κ3) is 13.8. The molecule has 1 N–H and O–H groups in total. The van der Waals surface area contributed by atoms with E-state index >= 15 is 0 Å². The van der Waals surface area contributed by atoms with Crippen LogP contribution in [-0.4, -0.2) is 122 Å². The van der Waals surface area contributed by atoms with Gasteiger partial charge in [-0.2, -0.15) is 0 Å². The second kappa shape index (κ2) is 26.1. The van der Waals surface area contributed by atoms with E-state index in [1.54, 1.807) is 127 Å². The molecule has 2 aliphatic heterocycles. The Bertz CT molecular complexity index is 3170. The maximum atomic E-state index is 14.5. The van der Waals surface area contributed by atoms with Crippen molar-refractivity contribution in [3.63, 3.8) is 0 Å². The second-order valence-electron chi connectivity index (χ2n) is 17.8. The van der Waals surface area contributed by atoms with Crippen molar-refractivity contribution in [2.24, 2.45) is 0 Å². The summed E-state index contributed by atoms with van der Waals surface area (Å²) in [6, 6.07) is 54.1. The van der Waals surface area contributed by atoms with Crippen molar-refractivity contribution in [2.45, 2.75) is 61.4 Å². The van der Waals surface area contributed by atoms with E-state index in [0.29, 0.717) is 0 Å². The number of benzene rings is 7. The Labute approximate surface area is 452 Å². The topological polar surface area (TPSA) is 232 Å². The van der Waals surface area contributed by atoms with Crippen molar-refractivity contribution in [1.82, 2.24) is 0 Å². The number of ether oxygens (including phenoxy) is 10. The van der Waals surface area contributed by atoms with Gasteiger partial charge in [-0.1, -0.05) is 127 Å². The van der Waals surface area contributed by atoms with Crippen molar-refractivity contribution < 1.29 is 86.0 Å². The molecule has 402 valence electrons. The van der Waals surface area contributed by atoms with Crippen LogP contribution in [0.15, 0.2) is 212 Å². The smallest absolute Gasteiger partial charge is 0.338 e. The highest BCUT2D eigenvalue weighted by Gasteiger charge is 2.58. The summed E-state index contributed by atoms with van der Waals surface area (Å²) < 4.78 is 62.0. The van der Waals surface area contributed by atoms with Crippen molar-refractivity contribution in [1.29, 1.82) is 0 Å². The van der Waals surface area contributed by atoms with Crippen molar-refractivity contribution in [2.75, 3.05) is 13.2 Å². The van der Waals surface area contributed by atoms with Crippen molar-refractivity contribution >= 4 is 41.8 Å². The molecule has 7 aromatic rings. The lowest BCUT2D eigenvalue weighted by Crippen LogP contribution is -2.67. The molecule has 1 unspecified atom stereocenters. The Morgan fingerprint density at radius 3 is 0.886 bits per heavy atom. The Morgan fingerprint density at radius 1 is 0.304 bits per heavy atom. The normalized spacial score (nSPS) is 22.4. The van der Waals surface area contributed by atoms with E-state index < -0.39 is 116 Å². The maximum Gasteiger partial charge on any atom is 0.338 e. The number of carbonyl (C=O) groups is 7. The molecule has 0 spiro atoms. The van der Waals surface area contributed by atoms with Gasteiger partial charge in [-0.3, -0.25) is 0 Å². The van der Waals surface area contributed by atoms with Gasteiger partial charge in [-0.25, -0.2) is 33.6 Å². The van der Waals surface area contributed by atoms with Gasteiger partial charge in [0.05, 0.1) is 38.9 Å². The fraction of sp³-hybridized carbons (Fsp3) is 0.197. The van der Waals surface area contributed by atoms with Crippen LogP contribution in [-0.2, 0) is 47.4 Å². The van der Waals surface area contributed by atoms with Crippen LogP contribution in [0.25, 0.3) is 0 Å². The first-order valence-corrected chi connectivity index (χ1v) is 24.9. The van der Waals surface area contributed by atoms with Gasteiger partial charge >= 0.3 is 41.8 Å². The number of hydrogen-bond acceptors (Lipinski definition) is 18. The molecule has 2 heterocycles. The fourth-order valence-corrected chi connectivity index (χ4v) is 8.59. The molecule has 10 atom stereocenters. The summed E-state index contributed by atoms with van der Waals surface area (Å²) in [5.74, 6) is -6.72. The third-order valence-corrected chi connectivity index (χ3v) is 12.5. The minimum absolute atomic E-state index is 0.00210. The molecule has 0 radical (unpaired) electrons. The summed E-state index contributed by atoms with van der Waals surface area (Å²) in [6.45, 7) is -1.50. The summed E-state index contributed by atoms with van der Waals surface area (Å²) in [6.07, 6.45) is -19.0. The van der Waals surface area contributed by atoms with Crippen LogP contribution in [0.3, 0.4) is 0 Å². The lowest BCUT2D eigenvalue weighted by Gasteiger charge is -2.48. The van der Waals surface area contributed by atoms with Gasteiger partial charge < -0.3 is 52.5 Å². The molecule has 0 saturated carbocycles. The fourth-order valence-electron chi connectivity index (χ4n) is 8.59.